The van der Waals surface area contributed by atoms with Gasteiger partial charge in [-0.05, 0) is 6.07 Å². The topological polar surface area (TPSA) is 102 Å². The normalized spacial score (nSPS) is 27.6. The number of hydrogen-bond acceptors (Lipinski definition) is 5. The maximum absolute atomic E-state index is 9.60. The van der Waals surface area contributed by atoms with Crippen LogP contribution in [0.2, 0.25) is 0 Å². The third-order valence-corrected chi connectivity index (χ3v) is 2.79. The van der Waals surface area contributed by atoms with Crippen LogP contribution in [0.3, 0.4) is 0 Å². The van der Waals surface area contributed by atoms with E-state index in [0.717, 1.165) is 0 Å². The number of hydrogen-bond donors (Lipinski definition) is 2. The molecule has 0 amide bonds. The molecular weight excluding hydrogens is 222 g/mol. The summed E-state index contributed by atoms with van der Waals surface area (Å²) >= 11 is 0. The van der Waals surface area contributed by atoms with Crippen molar-refractivity contribution in [2.75, 3.05) is 6.61 Å². The van der Waals surface area contributed by atoms with Crippen molar-refractivity contribution >= 4 is 0 Å². The molecule has 6 heteroatoms. The fourth-order valence-corrected chi connectivity index (χ4v) is 1.92. The lowest BCUT2D eigenvalue weighted by Crippen LogP contribution is -2.24. The van der Waals surface area contributed by atoms with Gasteiger partial charge in [-0.1, -0.05) is 0 Å². The molecule has 1 saturated heterocycles. The van der Waals surface area contributed by atoms with E-state index in [1.807, 2.05) is 12.1 Å². The molecule has 0 aromatic carbocycles. The number of nitriles is 2. The van der Waals surface area contributed by atoms with Crippen LogP contribution in [-0.4, -0.2) is 33.6 Å². The van der Waals surface area contributed by atoms with Crippen molar-refractivity contribution in [2.24, 2.45) is 0 Å². The van der Waals surface area contributed by atoms with Crippen LogP contribution in [0.5, 0.6) is 0 Å². The predicted octanol–water partition coefficient (Wildman–Crippen LogP) is -0.128. The van der Waals surface area contributed by atoms with E-state index < -0.39 is 18.4 Å². The molecule has 0 saturated carbocycles. The molecule has 1 aliphatic rings. The van der Waals surface area contributed by atoms with Crippen LogP contribution in [0.15, 0.2) is 12.3 Å². The second-order valence-electron chi connectivity index (χ2n) is 3.86. The second kappa shape index (κ2) is 4.56. The van der Waals surface area contributed by atoms with Gasteiger partial charge in [0, 0.05) is 12.6 Å². The highest BCUT2D eigenvalue weighted by molar-refractivity contribution is 5.36. The van der Waals surface area contributed by atoms with Gasteiger partial charge in [0.2, 0.25) is 0 Å². The van der Waals surface area contributed by atoms with Gasteiger partial charge in [-0.25, -0.2) is 0 Å². The van der Waals surface area contributed by atoms with E-state index in [0.29, 0.717) is 17.7 Å². The Morgan fingerprint density at radius 3 is 2.76 bits per heavy atom. The molecule has 0 bridgehead atoms. The molecular formula is C11H11N3O3. The largest absolute Gasteiger partial charge is 0.394 e. The quantitative estimate of drug-likeness (QED) is 0.740. The molecule has 2 heterocycles. The van der Waals surface area contributed by atoms with Gasteiger partial charge in [0.05, 0.1) is 18.3 Å². The van der Waals surface area contributed by atoms with Crippen molar-refractivity contribution in [3.05, 3.63) is 23.5 Å². The standard InChI is InChI=1S/C11H11N3O3/c12-3-7-1-8(4-13)14(5-7)11-2-9(16)10(6-15)17-11/h1,5,9-11,15-16H,2,6H2/t9-,10+,11+/m0/s1. The van der Waals surface area contributed by atoms with Crippen molar-refractivity contribution in [2.45, 2.75) is 24.9 Å². The SMILES string of the molecule is N#Cc1cc(C#N)n([C@H]2C[C@H](O)[C@@H](CO)O2)c1. The van der Waals surface area contributed by atoms with Crippen LogP contribution < -0.4 is 0 Å². The number of ether oxygens (including phenoxy) is 1. The molecule has 0 unspecified atom stereocenters. The molecule has 1 aliphatic heterocycles. The van der Waals surface area contributed by atoms with E-state index in [9.17, 15) is 5.11 Å². The first-order valence-corrected chi connectivity index (χ1v) is 5.16. The molecule has 1 fully saturated rings. The highest BCUT2D eigenvalue weighted by atomic mass is 16.5. The summed E-state index contributed by atoms with van der Waals surface area (Å²) < 4.78 is 6.92. The van der Waals surface area contributed by atoms with Crippen molar-refractivity contribution in [3.8, 4) is 12.1 Å². The Kier molecular flexibility index (Phi) is 3.12. The summed E-state index contributed by atoms with van der Waals surface area (Å²) in [4.78, 5) is 0. The summed E-state index contributed by atoms with van der Waals surface area (Å²) in [5.74, 6) is 0. The minimum absolute atomic E-state index is 0.272. The zero-order valence-corrected chi connectivity index (χ0v) is 8.95. The Bertz CT molecular complexity index is 497. The molecule has 0 aliphatic carbocycles. The minimum Gasteiger partial charge on any atom is -0.394 e. The third kappa shape index (κ3) is 2.02. The first kappa shape index (κ1) is 11.6. The fraction of sp³-hybridized carbons (Fsp3) is 0.455. The Morgan fingerprint density at radius 1 is 1.47 bits per heavy atom. The zero-order valence-electron chi connectivity index (χ0n) is 8.95. The maximum Gasteiger partial charge on any atom is 0.137 e. The molecule has 88 valence electrons. The van der Waals surface area contributed by atoms with Gasteiger partial charge < -0.3 is 19.5 Å². The molecule has 0 spiro atoms. The molecule has 3 atom stereocenters. The second-order valence-corrected chi connectivity index (χ2v) is 3.86. The van der Waals surface area contributed by atoms with Crippen LogP contribution in [0.1, 0.15) is 23.9 Å². The van der Waals surface area contributed by atoms with Gasteiger partial charge in [-0.15, -0.1) is 0 Å². The summed E-state index contributed by atoms with van der Waals surface area (Å²) in [6.07, 6.45) is -0.113. The lowest BCUT2D eigenvalue weighted by molar-refractivity contribution is -0.0444. The first-order valence-electron chi connectivity index (χ1n) is 5.16. The first-order chi connectivity index (χ1) is 8.19. The number of rotatable bonds is 2. The van der Waals surface area contributed by atoms with Gasteiger partial charge >= 0.3 is 0 Å². The molecule has 17 heavy (non-hydrogen) atoms. The number of aromatic nitrogens is 1. The van der Waals surface area contributed by atoms with Crippen molar-refractivity contribution < 1.29 is 14.9 Å². The summed E-state index contributed by atoms with van der Waals surface area (Å²) in [5, 5.41) is 36.3. The number of nitrogens with zero attached hydrogens (tertiary/aromatic N) is 3. The van der Waals surface area contributed by atoms with Gasteiger partial charge in [-0.3, -0.25) is 0 Å². The van der Waals surface area contributed by atoms with Crippen LogP contribution in [-0.2, 0) is 4.74 Å². The Balaban J connectivity index is 2.27. The molecule has 0 radical (unpaired) electrons. The number of aliphatic hydroxyl groups is 2. The van der Waals surface area contributed by atoms with E-state index in [4.69, 9.17) is 20.4 Å². The maximum atomic E-state index is 9.60. The van der Waals surface area contributed by atoms with Crippen molar-refractivity contribution in [1.82, 2.24) is 4.57 Å². The van der Waals surface area contributed by atoms with Crippen molar-refractivity contribution in [3.63, 3.8) is 0 Å². The molecule has 6 nitrogen and oxygen atoms in total. The van der Waals surface area contributed by atoms with Crippen molar-refractivity contribution in [1.29, 1.82) is 10.5 Å². The van der Waals surface area contributed by atoms with Gasteiger partial charge in [0.15, 0.2) is 0 Å². The fourth-order valence-electron chi connectivity index (χ4n) is 1.92. The van der Waals surface area contributed by atoms with E-state index in [1.165, 1.54) is 16.8 Å². The average molecular weight is 233 g/mol. The van der Waals surface area contributed by atoms with Gasteiger partial charge in [0.1, 0.15) is 30.2 Å². The monoisotopic (exact) mass is 233 g/mol. The third-order valence-electron chi connectivity index (χ3n) is 2.79. The summed E-state index contributed by atoms with van der Waals surface area (Å²) in [6, 6.07) is 5.37. The average Bonchev–Trinajstić information content (AvgIpc) is 2.91. The molecule has 2 N–H and O–H groups in total. The van der Waals surface area contributed by atoms with Crippen LogP contribution in [0, 0.1) is 22.7 Å². The van der Waals surface area contributed by atoms with E-state index in [-0.39, 0.29) is 6.61 Å². The lowest BCUT2D eigenvalue weighted by Gasteiger charge is -2.14. The highest BCUT2D eigenvalue weighted by Gasteiger charge is 2.35. The zero-order chi connectivity index (χ0) is 12.4. The van der Waals surface area contributed by atoms with E-state index >= 15 is 0 Å². The van der Waals surface area contributed by atoms with E-state index in [1.54, 1.807) is 0 Å². The van der Waals surface area contributed by atoms with Crippen LogP contribution in [0.4, 0.5) is 0 Å². The summed E-state index contributed by atoms with van der Waals surface area (Å²) in [6.45, 7) is -0.272. The van der Waals surface area contributed by atoms with Gasteiger partial charge in [-0.2, -0.15) is 10.5 Å². The van der Waals surface area contributed by atoms with E-state index in [2.05, 4.69) is 0 Å². The Labute approximate surface area is 97.9 Å². The molecule has 1 aromatic heterocycles. The minimum atomic E-state index is -0.760. The Hall–Kier alpha value is -1.86. The van der Waals surface area contributed by atoms with Crippen LogP contribution in [0.25, 0.3) is 0 Å². The molecule has 1 aromatic rings. The summed E-state index contributed by atoms with van der Waals surface area (Å²) in [7, 11) is 0. The predicted molar refractivity (Wildman–Crippen MR) is 55.5 cm³/mol. The Morgan fingerprint density at radius 2 is 2.24 bits per heavy atom. The lowest BCUT2D eigenvalue weighted by atomic mass is 10.2. The molecule has 2 rings (SSSR count). The smallest absolute Gasteiger partial charge is 0.137 e. The number of aliphatic hydroxyl groups excluding tert-OH is 2. The van der Waals surface area contributed by atoms with Crippen LogP contribution >= 0.6 is 0 Å². The highest BCUT2D eigenvalue weighted by Crippen LogP contribution is 2.30. The van der Waals surface area contributed by atoms with Gasteiger partial charge in [0.25, 0.3) is 0 Å². The summed E-state index contributed by atoms with van der Waals surface area (Å²) in [5.41, 5.74) is 0.671.